The third-order valence-corrected chi connectivity index (χ3v) is 6.98. The molecule has 2 aromatic carbocycles. The van der Waals surface area contributed by atoms with Gasteiger partial charge < -0.3 is 14.8 Å². The quantitative estimate of drug-likeness (QED) is 0.513. The van der Waals surface area contributed by atoms with E-state index in [0.29, 0.717) is 34.9 Å². The summed E-state index contributed by atoms with van der Waals surface area (Å²) < 4.78 is 53.7. The van der Waals surface area contributed by atoms with E-state index in [4.69, 9.17) is 9.47 Å². The van der Waals surface area contributed by atoms with E-state index >= 15 is 0 Å². The highest BCUT2D eigenvalue weighted by Crippen LogP contribution is 2.58. The second-order valence-electron chi connectivity index (χ2n) is 9.36. The number of hydrogen-bond acceptors (Lipinski definition) is 4. The Morgan fingerprint density at radius 3 is 2.60 bits per heavy atom. The third-order valence-electron chi connectivity index (χ3n) is 6.98. The van der Waals surface area contributed by atoms with E-state index in [1.165, 1.54) is 12.3 Å². The summed E-state index contributed by atoms with van der Waals surface area (Å²) in [5.41, 5.74) is -1.29. The van der Waals surface area contributed by atoms with Crippen LogP contribution in [-0.4, -0.2) is 23.1 Å². The molecule has 0 radical (unpaired) electrons. The molecule has 8 heteroatoms. The van der Waals surface area contributed by atoms with Gasteiger partial charge in [0.05, 0.1) is 17.9 Å². The number of para-hydroxylation sites is 1. The zero-order chi connectivity index (χ0) is 25.0. The molecular formula is C27H25F3N2O3. The van der Waals surface area contributed by atoms with Gasteiger partial charge in [0, 0.05) is 29.4 Å². The van der Waals surface area contributed by atoms with Crippen LogP contribution in [0.3, 0.4) is 0 Å². The molecular weight excluding hydrogens is 457 g/mol. The van der Waals surface area contributed by atoms with Gasteiger partial charge in [-0.3, -0.25) is 9.78 Å². The number of ether oxygens (including phenoxy) is 2. The van der Waals surface area contributed by atoms with E-state index in [1.54, 1.807) is 38.1 Å². The summed E-state index contributed by atoms with van der Waals surface area (Å²) in [6.45, 7) is 5.94. The Morgan fingerprint density at radius 2 is 1.86 bits per heavy atom. The zero-order valence-corrected chi connectivity index (χ0v) is 19.6. The molecule has 1 aromatic heterocycles. The SMILES string of the molecule is CCOc1ccc2c(c1)OC(C)(C)C(Cc1ncccc1C(F)(F)F)C21C(=O)Nc2ccccc21. The summed E-state index contributed by atoms with van der Waals surface area (Å²) in [5.74, 6) is 0.0719. The molecule has 1 spiro atoms. The highest BCUT2D eigenvalue weighted by molar-refractivity contribution is 6.09. The van der Waals surface area contributed by atoms with Crippen molar-refractivity contribution < 1.29 is 27.4 Å². The van der Waals surface area contributed by atoms with Gasteiger partial charge in [-0.25, -0.2) is 0 Å². The Balaban J connectivity index is 1.77. The van der Waals surface area contributed by atoms with Gasteiger partial charge in [-0.2, -0.15) is 13.2 Å². The summed E-state index contributed by atoms with van der Waals surface area (Å²) in [4.78, 5) is 18.0. The molecule has 0 saturated carbocycles. The van der Waals surface area contributed by atoms with Crippen LogP contribution in [0.25, 0.3) is 0 Å². The van der Waals surface area contributed by atoms with Crippen LogP contribution >= 0.6 is 0 Å². The number of carbonyl (C=O) groups is 1. The number of fused-ring (bicyclic) bond motifs is 4. The summed E-state index contributed by atoms with van der Waals surface area (Å²) in [6, 6.07) is 14.9. The Hall–Kier alpha value is -3.55. The first-order valence-corrected chi connectivity index (χ1v) is 11.5. The van der Waals surface area contributed by atoms with E-state index < -0.39 is 28.7 Å². The number of aromatic nitrogens is 1. The third kappa shape index (κ3) is 3.54. The number of rotatable bonds is 4. The first kappa shape index (κ1) is 23.2. The van der Waals surface area contributed by atoms with Crippen LogP contribution in [0.4, 0.5) is 18.9 Å². The first-order valence-electron chi connectivity index (χ1n) is 11.5. The van der Waals surface area contributed by atoms with Gasteiger partial charge in [-0.1, -0.05) is 24.3 Å². The summed E-state index contributed by atoms with van der Waals surface area (Å²) in [5, 5.41) is 2.97. The number of pyridine rings is 1. The fourth-order valence-electron chi connectivity index (χ4n) is 5.58. The molecule has 35 heavy (non-hydrogen) atoms. The number of hydrogen-bond donors (Lipinski definition) is 1. The van der Waals surface area contributed by atoms with E-state index in [9.17, 15) is 18.0 Å². The molecule has 2 unspecified atom stereocenters. The molecule has 5 rings (SSSR count). The first-order chi connectivity index (χ1) is 16.6. The number of nitrogens with one attached hydrogen (secondary N) is 1. The van der Waals surface area contributed by atoms with Crippen molar-refractivity contribution in [1.29, 1.82) is 0 Å². The molecule has 0 aliphatic carbocycles. The van der Waals surface area contributed by atoms with Gasteiger partial charge in [0.15, 0.2) is 0 Å². The van der Waals surface area contributed by atoms with E-state index in [2.05, 4.69) is 10.3 Å². The Kier molecular flexibility index (Phi) is 5.30. The average Bonchev–Trinajstić information content (AvgIpc) is 3.08. The Labute approximate surface area is 201 Å². The standard InChI is InChI=1S/C27H25F3N2O3/c1-4-34-16-11-12-19-22(14-16)35-25(2,3)23(15-21-18(27(28,29)30)9-7-13-31-21)26(19)17-8-5-6-10-20(17)32-24(26)33/h5-14,23H,4,15H2,1-3H3,(H,32,33). The molecule has 0 saturated heterocycles. The van der Waals surface area contributed by atoms with Gasteiger partial charge in [-0.15, -0.1) is 0 Å². The van der Waals surface area contributed by atoms with Crippen LogP contribution in [0.5, 0.6) is 11.5 Å². The minimum Gasteiger partial charge on any atom is -0.494 e. The molecule has 3 aromatic rings. The smallest absolute Gasteiger partial charge is 0.418 e. The average molecular weight is 483 g/mol. The summed E-state index contributed by atoms with van der Waals surface area (Å²) in [7, 11) is 0. The van der Waals surface area contributed by atoms with Gasteiger partial charge in [-0.05, 0) is 57.0 Å². The van der Waals surface area contributed by atoms with Crippen LogP contribution in [-0.2, 0) is 22.8 Å². The maximum absolute atomic E-state index is 13.9. The van der Waals surface area contributed by atoms with Crippen LogP contribution in [0.1, 0.15) is 43.2 Å². The molecule has 182 valence electrons. The number of amides is 1. The van der Waals surface area contributed by atoms with Gasteiger partial charge in [0.1, 0.15) is 22.5 Å². The molecule has 2 atom stereocenters. The van der Waals surface area contributed by atoms with E-state index in [-0.39, 0.29) is 18.0 Å². The number of halogens is 3. The highest BCUT2D eigenvalue weighted by Gasteiger charge is 2.62. The highest BCUT2D eigenvalue weighted by atomic mass is 19.4. The lowest BCUT2D eigenvalue weighted by Gasteiger charge is -2.50. The lowest BCUT2D eigenvalue weighted by atomic mass is 9.58. The van der Waals surface area contributed by atoms with Crippen LogP contribution in [0.2, 0.25) is 0 Å². The van der Waals surface area contributed by atoms with Crippen LogP contribution in [0.15, 0.2) is 60.8 Å². The van der Waals surface area contributed by atoms with Crippen molar-refractivity contribution in [1.82, 2.24) is 4.98 Å². The zero-order valence-electron chi connectivity index (χ0n) is 19.6. The Morgan fingerprint density at radius 1 is 1.09 bits per heavy atom. The summed E-state index contributed by atoms with van der Waals surface area (Å²) >= 11 is 0. The lowest BCUT2D eigenvalue weighted by Crippen LogP contribution is -2.58. The van der Waals surface area contributed by atoms with Crippen LogP contribution in [0, 0.1) is 5.92 Å². The fourth-order valence-corrected chi connectivity index (χ4v) is 5.58. The van der Waals surface area contributed by atoms with Crippen molar-refractivity contribution in [2.45, 2.75) is 44.4 Å². The monoisotopic (exact) mass is 482 g/mol. The minimum absolute atomic E-state index is 0.114. The van der Waals surface area contributed by atoms with Crippen molar-refractivity contribution in [2.24, 2.45) is 5.92 Å². The second kappa shape index (κ2) is 8.00. The van der Waals surface area contributed by atoms with Crippen molar-refractivity contribution in [3.8, 4) is 11.5 Å². The van der Waals surface area contributed by atoms with Crippen molar-refractivity contribution in [2.75, 3.05) is 11.9 Å². The van der Waals surface area contributed by atoms with Gasteiger partial charge in [0.2, 0.25) is 5.91 Å². The molecule has 1 N–H and O–H groups in total. The van der Waals surface area contributed by atoms with Crippen molar-refractivity contribution in [3.63, 3.8) is 0 Å². The maximum Gasteiger partial charge on any atom is 0.418 e. The fraction of sp³-hybridized carbons (Fsp3) is 0.333. The number of carbonyl (C=O) groups excluding carboxylic acids is 1. The topological polar surface area (TPSA) is 60.5 Å². The molecule has 0 fully saturated rings. The van der Waals surface area contributed by atoms with Crippen molar-refractivity contribution in [3.05, 3.63) is 83.2 Å². The largest absolute Gasteiger partial charge is 0.494 e. The minimum atomic E-state index is -4.57. The molecule has 2 aliphatic heterocycles. The Bertz CT molecular complexity index is 1300. The number of benzene rings is 2. The normalized spacial score (nSPS) is 22.2. The molecule has 5 nitrogen and oxygen atoms in total. The lowest BCUT2D eigenvalue weighted by molar-refractivity contribution is -0.139. The predicted octanol–water partition coefficient (Wildman–Crippen LogP) is 5.77. The van der Waals surface area contributed by atoms with E-state index in [0.717, 1.165) is 6.07 Å². The van der Waals surface area contributed by atoms with Crippen molar-refractivity contribution >= 4 is 11.6 Å². The van der Waals surface area contributed by atoms with Crippen LogP contribution < -0.4 is 14.8 Å². The molecule has 1 amide bonds. The molecule has 0 bridgehead atoms. The number of anilines is 1. The molecule has 3 heterocycles. The van der Waals surface area contributed by atoms with Gasteiger partial charge in [0.25, 0.3) is 0 Å². The number of nitrogens with zero attached hydrogens (tertiary/aromatic N) is 1. The van der Waals surface area contributed by atoms with E-state index in [1.807, 2.05) is 25.1 Å². The number of alkyl halides is 3. The maximum atomic E-state index is 13.9. The second-order valence-corrected chi connectivity index (χ2v) is 9.36. The van der Waals surface area contributed by atoms with Gasteiger partial charge >= 0.3 is 6.18 Å². The summed E-state index contributed by atoms with van der Waals surface area (Å²) in [6.07, 6.45) is -3.34. The molecule has 2 aliphatic rings. The predicted molar refractivity (Wildman–Crippen MR) is 125 cm³/mol.